The molecule has 1 N–H and O–H groups in total. The van der Waals surface area contributed by atoms with Gasteiger partial charge in [-0.05, 0) is 55.6 Å². The maximum absolute atomic E-state index is 6.40. The molecule has 0 aliphatic carbocycles. The average Bonchev–Trinajstić information content (AvgIpc) is 2.37. The Morgan fingerprint density at radius 2 is 1.65 bits per heavy atom. The number of hydrogen-bond acceptors (Lipinski definition) is 1. The Hall–Kier alpha value is -1.31. The van der Waals surface area contributed by atoms with E-state index in [9.17, 15) is 0 Å². The molecule has 0 bridgehead atoms. The Labute approximate surface area is 127 Å². The maximum Gasteiger partial charge on any atom is 0.0596 e. The quantitative estimate of drug-likeness (QED) is 0.838. The molecule has 0 aromatic heterocycles. The van der Waals surface area contributed by atoms with Gasteiger partial charge in [-0.3, -0.25) is 0 Å². The molecule has 0 aliphatic heterocycles. The van der Waals surface area contributed by atoms with Crippen LogP contribution in [0.5, 0.6) is 0 Å². The molecule has 2 aromatic rings. The highest BCUT2D eigenvalue weighted by Crippen LogP contribution is 2.32. The summed E-state index contributed by atoms with van der Waals surface area (Å²) in [6.45, 7) is 9.53. The minimum Gasteiger partial charge on any atom is -0.306 e. The summed E-state index contributed by atoms with van der Waals surface area (Å²) in [4.78, 5) is 0. The first-order valence-electron chi connectivity index (χ1n) is 7.10. The standard InChI is InChI=1S/C18H22ClN/c1-5-20-18(15-8-6-7-9-16(15)19)17-13(3)10-12(2)11-14(17)4/h6-11,18,20H,5H2,1-4H3. The van der Waals surface area contributed by atoms with Gasteiger partial charge < -0.3 is 5.32 Å². The van der Waals surface area contributed by atoms with E-state index < -0.39 is 0 Å². The Balaban J connectivity index is 2.58. The van der Waals surface area contributed by atoms with Gasteiger partial charge in [0.2, 0.25) is 0 Å². The van der Waals surface area contributed by atoms with Gasteiger partial charge in [-0.1, -0.05) is 54.4 Å². The molecular weight excluding hydrogens is 266 g/mol. The summed E-state index contributed by atoms with van der Waals surface area (Å²) >= 11 is 6.40. The zero-order valence-corrected chi connectivity index (χ0v) is 13.4. The SMILES string of the molecule is CCNC(c1ccccc1Cl)c1c(C)cc(C)cc1C. The van der Waals surface area contributed by atoms with E-state index >= 15 is 0 Å². The third-order valence-electron chi connectivity index (χ3n) is 3.65. The van der Waals surface area contributed by atoms with E-state index in [0.717, 1.165) is 17.1 Å². The molecule has 0 saturated carbocycles. The van der Waals surface area contributed by atoms with Crippen LogP contribution >= 0.6 is 11.6 Å². The van der Waals surface area contributed by atoms with Crippen molar-refractivity contribution in [1.82, 2.24) is 5.32 Å². The van der Waals surface area contributed by atoms with Gasteiger partial charge >= 0.3 is 0 Å². The predicted octanol–water partition coefficient (Wildman–Crippen LogP) is 4.96. The van der Waals surface area contributed by atoms with Gasteiger partial charge in [0.25, 0.3) is 0 Å². The van der Waals surface area contributed by atoms with Gasteiger partial charge in [-0.2, -0.15) is 0 Å². The highest BCUT2D eigenvalue weighted by atomic mass is 35.5. The molecule has 0 radical (unpaired) electrons. The van der Waals surface area contributed by atoms with E-state index in [-0.39, 0.29) is 6.04 Å². The Kier molecular flexibility index (Phi) is 4.85. The van der Waals surface area contributed by atoms with E-state index in [1.54, 1.807) is 0 Å². The van der Waals surface area contributed by atoms with Gasteiger partial charge in [0.05, 0.1) is 6.04 Å². The number of benzene rings is 2. The molecule has 2 aromatic carbocycles. The van der Waals surface area contributed by atoms with E-state index in [2.05, 4.69) is 51.2 Å². The molecule has 0 aliphatic rings. The molecule has 1 unspecified atom stereocenters. The highest BCUT2D eigenvalue weighted by molar-refractivity contribution is 6.31. The minimum atomic E-state index is 0.147. The number of hydrogen-bond donors (Lipinski definition) is 1. The number of aryl methyl sites for hydroxylation is 3. The Morgan fingerprint density at radius 3 is 2.20 bits per heavy atom. The first kappa shape index (κ1) is 15.1. The first-order chi connectivity index (χ1) is 9.54. The van der Waals surface area contributed by atoms with Crippen LogP contribution in [0.1, 0.15) is 40.8 Å². The van der Waals surface area contributed by atoms with Crippen LogP contribution < -0.4 is 5.32 Å². The van der Waals surface area contributed by atoms with E-state index in [0.29, 0.717) is 0 Å². The monoisotopic (exact) mass is 287 g/mol. The fraction of sp³-hybridized carbons (Fsp3) is 0.333. The third kappa shape index (κ3) is 3.05. The third-order valence-corrected chi connectivity index (χ3v) is 4.00. The number of rotatable bonds is 4. The second kappa shape index (κ2) is 6.43. The summed E-state index contributed by atoms with van der Waals surface area (Å²) in [6.07, 6.45) is 0. The summed E-state index contributed by atoms with van der Waals surface area (Å²) in [7, 11) is 0. The van der Waals surface area contributed by atoms with Gasteiger partial charge in [0.15, 0.2) is 0 Å². The van der Waals surface area contributed by atoms with Crippen LogP contribution in [0, 0.1) is 20.8 Å². The molecule has 0 heterocycles. The Morgan fingerprint density at radius 1 is 1.05 bits per heavy atom. The molecule has 106 valence electrons. The summed E-state index contributed by atoms with van der Waals surface area (Å²) in [5.74, 6) is 0. The molecule has 2 heteroatoms. The van der Waals surface area contributed by atoms with Gasteiger partial charge in [-0.15, -0.1) is 0 Å². The molecule has 0 saturated heterocycles. The second-order valence-electron chi connectivity index (χ2n) is 5.32. The molecule has 1 nitrogen and oxygen atoms in total. The van der Waals surface area contributed by atoms with Crippen LogP contribution in [0.25, 0.3) is 0 Å². The molecule has 20 heavy (non-hydrogen) atoms. The van der Waals surface area contributed by atoms with Crippen molar-refractivity contribution >= 4 is 11.6 Å². The molecule has 0 amide bonds. The lowest BCUT2D eigenvalue weighted by atomic mass is 9.90. The van der Waals surface area contributed by atoms with Crippen LogP contribution in [0.4, 0.5) is 0 Å². The van der Waals surface area contributed by atoms with Crippen LogP contribution in [0.15, 0.2) is 36.4 Å². The van der Waals surface area contributed by atoms with Crippen LogP contribution in [0.3, 0.4) is 0 Å². The van der Waals surface area contributed by atoms with Crippen LogP contribution in [-0.4, -0.2) is 6.54 Å². The number of nitrogens with one attached hydrogen (secondary N) is 1. The average molecular weight is 288 g/mol. The van der Waals surface area contributed by atoms with Crippen molar-refractivity contribution in [2.75, 3.05) is 6.54 Å². The van der Waals surface area contributed by atoms with E-state index in [4.69, 9.17) is 11.6 Å². The van der Waals surface area contributed by atoms with E-state index in [1.165, 1.54) is 22.3 Å². The van der Waals surface area contributed by atoms with Crippen molar-refractivity contribution < 1.29 is 0 Å². The molecule has 0 spiro atoms. The lowest BCUT2D eigenvalue weighted by molar-refractivity contribution is 0.624. The minimum absolute atomic E-state index is 0.147. The van der Waals surface area contributed by atoms with Crippen molar-refractivity contribution in [3.8, 4) is 0 Å². The summed E-state index contributed by atoms with van der Waals surface area (Å²) < 4.78 is 0. The summed E-state index contributed by atoms with van der Waals surface area (Å²) in [5, 5.41) is 4.39. The topological polar surface area (TPSA) is 12.0 Å². The summed E-state index contributed by atoms with van der Waals surface area (Å²) in [5.41, 5.74) is 6.41. The lowest BCUT2D eigenvalue weighted by Gasteiger charge is -2.24. The van der Waals surface area contributed by atoms with Crippen LogP contribution in [-0.2, 0) is 0 Å². The number of halogens is 1. The van der Waals surface area contributed by atoms with Gasteiger partial charge in [0, 0.05) is 5.02 Å². The lowest BCUT2D eigenvalue weighted by Crippen LogP contribution is -2.24. The second-order valence-corrected chi connectivity index (χ2v) is 5.73. The smallest absolute Gasteiger partial charge is 0.0596 e. The van der Waals surface area contributed by atoms with Crippen LogP contribution in [0.2, 0.25) is 5.02 Å². The van der Waals surface area contributed by atoms with Crippen molar-refractivity contribution in [3.05, 3.63) is 69.2 Å². The Bertz CT molecular complexity index is 581. The van der Waals surface area contributed by atoms with Gasteiger partial charge in [0.1, 0.15) is 0 Å². The summed E-state index contributed by atoms with van der Waals surface area (Å²) in [6, 6.07) is 12.7. The molecular formula is C18H22ClN. The fourth-order valence-corrected chi connectivity index (χ4v) is 3.17. The van der Waals surface area contributed by atoms with Crippen molar-refractivity contribution in [1.29, 1.82) is 0 Å². The highest BCUT2D eigenvalue weighted by Gasteiger charge is 2.19. The van der Waals surface area contributed by atoms with Crippen molar-refractivity contribution in [2.24, 2.45) is 0 Å². The molecule has 0 fully saturated rings. The zero-order valence-electron chi connectivity index (χ0n) is 12.6. The molecule has 1 atom stereocenters. The molecule has 2 rings (SSSR count). The predicted molar refractivity (Wildman–Crippen MR) is 87.6 cm³/mol. The van der Waals surface area contributed by atoms with Crippen molar-refractivity contribution in [2.45, 2.75) is 33.7 Å². The zero-order chi connectivity index (χ0) is 14.7. The van der Waals surface area contributed by atoms with Gasteiger partial charge in [-0.25, -0.2) is 0 Å². The normalized spacial score (nSPS) is 12.4. The largest absolute Gasteiger partial charge is 0.306 e. The maximum atomic E-state index is 6.40. The van der Waals surface area contributed by atoms with E-state index in [1.807, 2.05) is 18.2 Å². The first-order valence-corrected chi connectivity index (χ1v) is 7.48. The van der Waals surface area contributed by atoms with Crippen molar-refractivity contribution in [3.63, 3.8) is 0 Å². The fourth-order valence-electron chi connectivity index (χ4n) is 2.93.